The molecule has 4 rings (SSSR count). The lowest BCUT2D eigenvalue weighted by molar-refractivity contribution is -0.117. The van der Waals surface area contributed by atoms with Crippen molar-refractivity contribution in [3.63, 3.8) is 0 Å². The van der Waals surface area contributed by atoms with Crippen molar-refractivity contribution in [2.45, 2.75) is 32.7 Å². The first-order valence-corrected chi connectivity index (χ1v) is 9.02. The zero-order chi connectivity index (χ0) is 18.3. The van der Waals surface area contributed by atoms with E-state index in [2.05, 4.69) is 37.1 Å². The minimum Gasteiger partial charge on any atom is -0.324 e. The first-order valence-electron chi connectivity index (χ1n) is 9.02. The number of rotatable bonds is 4. The van der Waals surface area contributed by atoms with Gasteiger partial charge in [-0.05, 0) is 43.2 Å². The third-order valence-electron chi connectivity index (χ3n) is 5.35. The number of aromatic nitrogens is 2. The van der Waals surface area contributed by atoms with Crippen LogP contribution < -0.4 is 4.90 Å². The topological polar surface area (TPSA) is 38.1 Å². The lowest BCUT2D eigenvalue weighted by Crippen LogP contribution is -2.25. The first kappa shape index (κ1) is 16.6. The van der Waals surface area contributed by atoms with Crippen LogP contribution in [-0.4, -0.2) is 22.0 Å². The van der Waals surface area contributed by atoms with E-state index < -0.39 is 0 Å². The van der Waals surface area contributed by atoms with Crippen molar-refractivity contribution in [1.82, 2.24) is 9.55 Å². The number of para-hydroxylation sites is 2. The van der Waals surface area contributed by atoms with E-state index in [1.54, 1.807) is 0 Å². The monoisotopic (exact) mass is 345 g/mol. The third-order valence-corrected chi connectivity index (χ3v) is 5.35. The molecule has 3 aromatic rings. The second kappa shape index (κ2) is 6.45. The Hall–Kier alpha value is -2.88. The summed E-state index contributed by atoms with van der Waals surface area (Å²) in [5.74, 6) is 1.24. The number of allylic oxidation sites excluding steroid dienone is 1. The van der Waals surface area contributed by atoms with Crippen molar-refractivity contribution in [2.24, 2.45) is 0 Å². The highest BCUT2D eigenvalue weighted by molar-refractivity contribution is 5.97. The molecule has 132 valence electrons. The van der Waals surface area contributed by atoms with Gasteiger partial charge in [0.1, 0.15) is 5.82 Å². The minimum absolute atomic E-state index is 0.0924. The van der Waals surface area contributed by atoms with E-state index in [9.17, 15) is 4.79 Å². The molecule has 4 nitrogen and oxygen atoms in total. The number of imidazole rings is 1. The van der Waals surface area contributed by atoms with Gasteiger partial charge in [-0.3, -0.25) is 4.79 Å². The van der Waals surface area contributed by atoms with E-state index in [1.165, 1.54) is 11.1 Å². The van der Waals surface area contributed by atoms with Crippen molar-refractivity contribution < 1.29 is 4.79 Å². The molecule has 0 N–H and O–H groups in total. The predicted molar refractivity (Wildman–Crippen MR) is 106 cm³/mol. The molecular formula is C22H23N3O. The Labute approximate surface area is 153 Å². The fourth-order valence-electron chi connectivity index (χ4n) is 3.87. The highest BCUT2D eigenvalue weighted by Crippen LogP contribution is 2.35. The first-order chi connectivity index (χ1) is 12.6. The lowest BCUT2D eigenvalue weighted by atomic mass is 10.1. The Bertz CT molecular complexity index is 1000. The van der Waals surface area contributed by atoms with Crippen molar-refractivity contribution in [3.8, 4) is 0 Å². The molecule has 1 aliphatic heterocycles. The Morgan fingerprint density at radius 2 is 2.00 bits per heavy atom. The fourth-order valence-corrected chi connectivity index (χ4v) is 3.87. The second-order valence-electron chi connectivity index (χ2n) is 6.98. The van der Waals surface area contributed by atoms with Crippen LogP contribution in [-0.2, 0) is 11.3 Å². The summed E-state index contributed by atoms with van der Waals surface area (Å²) in [7, 11) is 0. The van der Waals surface area contributed by atoms with Crippen LogP contribution in [0.5, 0.6) is 0 Å². The SMILES string of the molecule is C=CCn1c([C@@H]2CC(=O)N(c3cccc(C)c3C)C2)nc2ccccc21. The van der Waals surface area contributed by atoms with Gasteiger partial charge in [0.15, 0.2) is 0 Å². The van der Waals surface area contributed by atoms with Gasteiger partial charge in [-0.15, -0.1) is 6.58 Å². The van der Waals surface area contributed by atoms with Gasteiger partial charge in [0, 0.05) is 31.1 Å². The molecule has 0 spiro atoms. The van der Waals surface area contributed by atoms with Gasteiger partial charge >= 0.3 is 0 Å². The predicted octanol–water partition coefficient (Wildman–Crippen LogP) is 4.36. The molecule has 0 saturated carbocycles. The van der Waals surface area contributed by atoms with E-state index in [0.29, 0.717) is 19.5 Å². The molecule has 2 heterocycles. The number of hydrogen-bond acceptors (Lipinski definition) is 2. The Morgan fingerprint density at radius 3 is 2.81 bits per heavy atom. The smallest absolute Gasteiger partial charge is 0.227 e. The number of hydrogen-bond donors (Lipinski definition) is 0. The maximum absolute atomic E-state index is 12.8. The summed E-state index contributed by atoms with van der Waals surface area (Å²) < 4.78 is 2.19. The van der Waals surface area contributed by atoms with Crippen LogP contribution in [0.25, 0.3) is 11.0 Å². The maximum atomic E-state index is 12.8. The number of anilines is 1. The molecule has 2 aromatic carbocycles. The summed E-state index contributed by atoms with van der Waals surface area (Å²) in [6.45, 7) is 9.42. The normalized spacial score (nSPS) is 17.2. The number of fused-ring (bicyclic) bond motifs is 1. The molecule has 1 aromatic heterocycles. The van der Waals surface area contributed by atoms with Crippen LogP contribution in [0.1, 0.15) is 29.3 Å². The van der Waals surface area contributed by atoms with Crippen molar-refractivity contribution in [3.05, 3.63) is 72.1 Å². The third kappa shape index (κ3) is 2.62. The Morgan fingerprint density at radius 1 is 1.19 bits per heavy atom. The molecule has 4 heteroatoms. The van der Waals surface area contributed by atoms with Crippen LogP contribution in [0.3, 0.4) is 0 Å². The highest BCUT2D eigenvalue weighted by Gasteiger charge is 2.35. The lowest BCUT2D eigenvalue weighted by Gasteiger charge is -2.20. The van der Waals surface area contributed by atoms with E-state index in [4.69, 9.17) is 4.98 Å². The summed E-state index contributed by atoms with van der Waals surface area (Å²) >= 11 is 0. The average molecular weight is 345 g/mol. The highest BCUT2D eigenvalue weighted by atomic mass is 16.2. The van der Waals surface area contributed by atoms with E-state index in [-0.39, 0.29) is 11.8 Å². The summed E-state index contributed by atoms with van der Waals surface area (Å²) in [6.07, 6.45) is 2.38. The van der Waals surface area contributed by atoms with Crippen molar-refractivity contribution in [1.29, 1.82) is 0 Å². The molecule has 26 heavy (non-hydrogen) atoms. The number of carbonyl (C=O) groups excluding carboxylic acids is 1. The number of aryl methyl sites for hydroxylation is 1. The molecule has 0 bridgehead atoms. The van der Waals surface area contributed by atoms with Crippen LogP contribution in [0.4, 0.5) is 5.69 Å². The molecule has 1 aliphatic rings. The average Bonchev–Trinajstić information content (AvgIpc) is 3.19. The zero-order valence-corrected chi connectivity index (χ0v) is 15.3. The fraction of sp³-hybridized carbons (Fsp3) is 0.273. The molecule has 0 aliphatic carbocycles. The van der Waals surface area contributed by atoms with Crippen LogP contribution >= 0.6 is 0 Å². The molecule has 0 radical (unpaired) electrons. The number of amides is 1. The maximum Gasteiger partial charge on any atom is 0.227 e. The Balaban J connectivity index is 1.73. The zero-order valence-electron chi connectivity index (χ0n) is 15.3. The molecule has 1 saturated heterocycles. The van der Waals surface area contributed by atoms with Gasteiger partial charge in [0.2, 0.25) is 5.91 Å². The number of carbonyl (C=O) groups is 1. The van der Waals surface area contributed by atoms with Gasteiger partial charge in [-0.1, -0.05) is 30.3 Å². The quantitative estimate of drug-likeness (QED) is 0.659. The van der Waals surface area contributed by atoms with Crippen LogP contribution in [0.2, 0.25) is 0 Å². The summed E-state index contributed by atoms with van der Waals surface area (Å²) in [5.41, 5.74) is 5.46. The van der Waals surface area contributed by atoms with Crippen LogP contribution in [0, 0.1) is 13.8 Å². The van der Waals surface area contributed by atoms with E-state index in [0.717, 1.165) is 22.5 Å². The van der Waals surface area contributed by atoms with Gasteiger partial charge in [-0.2, -0.15) is 0 Å². The summed E-state index contributed by atoms with van der Waals surface area (Å²) in [4.78, 5) is 19.5. The molecule has 1 amide bonds. The van der Waals surface area contributed by atoms with Gasteiger partial charge < -0.3 is 9.47 Å². The second-order valence-corrected chi connectivity index (χ2v) is 6.98. The van der Waals surface area contributed by atoms with Gasteiger partial charge in [0.05, 0.1) is 11.0 Å². The molecule has 1 atom stereocenters. The van der Waals surface area contributed by atoms with Gasteiger partial charge in [0.25, 0.3) is 0 Å². The Kier molecular flexibility index (Phi) is 4.11. The van der Waals surface area contributed by atoms with E-state index in [1.807, 2.05) is 41.3 Å². The van der Waals surface area contributed by atoms with E-state index >= 15 is 0 Å². The number of nitrogens with zero attached hydrogens (tertiary/aromatic N) is 3. The molecule has 1 fully saturated rings. The molecule has 0 unspecified atom stereocenters. The largest absolute Gasteiger partial charge is 0.324 e. The van der Waals surface area contributed by atoms with Gasteiger partial charge in [-0.25, -0.2) is 4.98 Å². The van der Waals surface area contributed by atoms with Crippen molar-refractivity contribution in [2.75, 3.05) is 11.4 Å². The number of benzene rings is 2. The molecular weight excluding hydrogens is 322 g/mol. The summed E-state index contributed by atoms with van der Waals surface area (Å²) in [5, 5.41) is 0. The van der Waals surface area contributed by atoms with Crippen LogP contribution in [0.15, 0.2) is 55.1 Å². The summed E-state index contributed by atoms with van der Waals surface area (Å²) in [6, 6.07) is 14.3. The van der Waals surface area contributed by atoms with Crippen molar-refractivity contribution >= 4 is 22.6 Å². The minimum atomic E-state index is 0.0924. The standard InChI is InChI=1S/C22H23N3O/c1-4-12-24-20-10-6-5-9-18(20)23-22(24)17-13-21(26)25(14-17)19-11-7-8-15(2)16(19)3/h4-11,17H,1,12-14H2,2-3H3/t17-/m1/s1.